The molecule has 0 spiro atoms. The van der Waals surface area contributed by atoms with E-state index in [1.165, 1.54) is 9.69 Å². The van der Waals surface area contributed by atoms with E-state index in [0.29, 0.717) is 18.1 Å². The van der Waals surface area contributed by atoms with E-state index in [-0.39, 0.29) is 5.69 Å². The van der Waals surface area contributed by atoms with E-state index in [0.717, 1.165) is 30.6 Å². The van der Waals surface area contributed by atoms with E-state index < -0.39 is 22.2 Å². The number of aromatic carboxylic acids is 1. The van der Waals surface area contributed by atoms with Crippen molar-refractivity contribution in [1.82, 2.24) is 14.0 Å². The van der Waals surface area contributed by atoms with Gasteiger partial charge in [0.05, 0.1) is 6.04 Å². The number of aromatic nitrogens is 1. The molecule has 112 valence electrons. The Morgan fingerprint density at radius 2 is 2.10 bits per heavy atom. The van der Waals surface area contributed by atoms with Crippen molar-refractivity contribution in [3.05, 3.63) is 16.1 Å². The zero-order valence-electron chi connectivity index (χ0n) is 11.1. The molecule has 2 N–H and O–H groups in total. The Balaban J connectivity index is 2.05. The molecule has 1 unspecified atom stereocenters. The Bertz CT molecular complexity index is 578. The Morgan fingerprint density at radius 1 is 1.45 bits per heavy atom. The highest BCUT2D eigenvalue weighted by atomic mass is 32.2. The molecule has 0 amide bonds. The molecule has 0 aromatic carbocycles. The van der Waals surface area contributed by atoms with Crippen LogP contribution in [0.4, 0.5) is 0 Å². The summed E-state index contributed by atoms with van der Waals surface area (Å²) in [6.45, 7) is 2.71. The van der Waals surface area contributed by atoms with Gasteiger partial charge in [0.2, 0.25) is 0 Å². The van der Waals surface area contributed by atoms with E-state index in [4.69, 9.17) is 5.11 Å². The second kappa shape index (κ2) is 6.17. The van der Waals surface area contributed by atoms with Gasteiger partial charge in [-0.2, -0.15) is 17.4 Å². The lowest BCUT2D eigenvalue weighted by molar-refractivity contribution is 0.0691. The lowest BCUT2D eigenvalue weighted by Gasteiger charge is -2.27. The number of nitrogens with zero attached hydrogens (tertiary/aromatic N) is 2. The molecule has 1 atom stereocenters. The molecule has 0 bridgehead atoms. The summed E-state index contributed by atoms with van der Waals surface area (Å²) in [6.07, 6.45) is 2.79. The molecule has 0 saturated carbocycles. The maximum atomic E-state index is 12.2. The first-order valence-corrected chi connectivity index (χ1v) is 8.68. The van der Waals surface area contributed by atoms with Crippen LogP contribution in [0.5, 0.6) is 0 Å². The third-order valence-corrected chi connectivity index (χ3v) is 5.82. The van der Waals surface area contributed by atoms with Gasteiger partial charge in [0, 0.05) is 18.5 Å². The molecule has 1 aromatic heterocycles. The zero-order valence-corrected chi connectivity index (χ0v) is 12.7. The quantitative estimate of drug-likeness (QED) is 0.850. The van der Waals surface area contributed by atoms with Gasteiger partial charge in [-0.25, -0.2) is 9.78 Å². The van der Waals surface area contributed by atoms with Gasteiger partial charge in [0.25, 0.3) is 10.2 Å². The molecule has 1 aliphatic heterocycles. The molecule has 1 fully saturated rings. The summed E-state index contributed by atoms with van der Waals surface area (Å²) < 4.78 is 28.3. The third-order valence-electron chi connectivity index (χ3n) is 3.09. The molecular formula is C11H17N3O4S2. The maximum absolute atomic E-state index is 12.2. The Hall–Kier alpha value is -1.03. The second-order valence-electron chi connectivity index (χ2n) is 4.68. The van der Waals surface area contributed by atoms with E-state index in [2.05, 4.69) is 9.71 Å². The van der Waals surface area contributed by atoms with Crippen LogP contribution < -0.4 is 4.72 Å². The van der Waals surface area contributed by atoms with Gasteiger partial charge in [0.1, 0.15) is 5.01 Å². The van der Waals surface area contributed by atoms with E-state index in [9.17, 15) is 13.2 Å². The van der Waals surface area contributed by atoms with Crippen LogP contribution in [-0.4, -0.2) is 41.9 Å². The van der Waals surface area contributed by atoms with E-state index in [1.807, 2.05) is 0 Å². The SMILES string of the molecule is CC(NS(=O)(=O)N1CCCCC1)c1nc(C(=O)O)cs1. The van der Waals surface area contributed by atoms with Crippen LogP contribution in [-0.2, 0) is 10.2 Å². The van der Waals surface area contributed by atoms with Gasteiger partial charge in [-0.1, -0.05) is 6.42 Å². The molecule has 0 radical (unpaired) electrons. The van der Waals surface area contributed by atoms with Crippen molar-refractivity contribution in [1.29, 1.82) is 0 Å². The summed E-state index contributed by atoms with van der Waals surface area (Å²) in [5.74, 6) is -1.11. The summed E-state index contributed by atoms with van der Waals surface area (Å²) in [4.78, 5) is 14.7. The smallest absolute Gasteiger partial charge is 0.355 e. The predicted molar refractivity (Wildman–Crippen MR) is 75.0 cm³/mol. The fraction of sp³-hybridized carbons (Fsp3) is 0.636. The van der Waals surface area contributed by atoms with Crippen LogP contribution >= 0.6 is 11.3 Å². The average molecular weight is 319 g/mol. The highest BCUT2D eigenvalue weighted by molar-refractivity contribution is 7.87. The minimum atomic E-state index is -3.54. The molecule has 20 heavy (non-hydrogen) atoms. The number of carboxylic acids is 1. The maximum Gasteiger partial charge on any atom is 0.355 e. The van der Waals surface area contributed by atoms with Crippen LogP contribution in [0.25, 0.3) is 0 Å². The van der Waals surface area contributed by atoms with E-state index in [1.54, 1.807) is 6.92 Å². The van der Waals surface area contributed by atoms with Crippen molar-refractivity contribution in [3.8, 4) is 0 Å². The molecule has 1 aromatic rings. The van der Waals surface area contributed by atoms with Gasteiger partial charge in [-0.05, 0) is 19.8 Å². The minimum absolute atomic E-state index is 0.0611. The summed E-state index contributed by atoms with van der Waals surface area (Å²) in [5.41, 5.74) is -0.0611. The molecule has 7 nitrogen and oxygen atoms in total. The van der Waals surface area contributed by atoms with Crippen LogP contribution in [0.3, 0.4) is 0 Å². The molecule has 1 saturated heterocycles. The van der Waals surface area contributed by atoms with Crippen LogP contribution in [0.15, 0.2) is 5.38 Å². The molecule has 2 rings (SSSR count). The Labute approximate surface area is 121 Å². The number of carboxylic acid groups (broad SMARTS) is 1. The summed E-state index contributed by atoms with van der Waals surface area (Å²) in [6, 6.07) is -0.542. The first-order valence-electron chi connectivity index (χ1n) is 6.36. The number of carbonyl (C=O) groups is 1. The van der Waals surface area contributed by atoms with Gasteiger partial charge >= 0.3 is 5.97 Å². The fourth-order valence-electron chi connectivity index (χ4n) is 2.04. The number of hydrogen-bond acceptors (Lipinski definition) is 5. The van der Waals surface area contributed by atoms with Crippen molar-refractivity contribution in [3.63, 3.8) is 0 Å². The molecule has 0 aliphatic carbocycles. The largest absolute Gasteiger partial charge is 0.476 e. The number of piperidine rings is 1. The van der Waals surface area contributed by atoms with Crippen molar-refractivity contribution >= 4 is 27.5 Å². The van der Waals surface area contributed by atoms with Crippen LogP contribution in [0.1, 0.15) is 47.7 Å². The Morgan fingerprint density at radius 3 is 2.65 bits per heavy atom. The van der Waals surface area contributed by atoms with Crippen molar-refractivity contribution in [2.75, 3.05) is 13.1 Å². The zero-order chi connectivity index (χ0) is 14.8. The topological polar surface area (TPSA) is 99.6 Å². The number of rotatable bonds is 5. The summed E-state index contributed by atoms with van der Waals surface area (Å²) in [5, 5.41) is 10.7. The highest BCUT2D eigenvalue weighted by Gasteiger charge is 2.26. The van der Waals surface area contributed by atoms with Crippen molar-refractivity contribution in [2.45, 2.75) is 32.2 Å². The fourth-order valence-corrected chi connectivity index (χ4v) is 4.36. The summed E-state index contributed by atoms with van der Waals surface area (Å²) in [7, 11) is -3.54. The standard InChI is InChI=1S/C11H17N3O4S2/c1-8(10-12-9(7-19-10)11(15)16)13-20(17,18)14-5-3-2-4-6-14/h7-8,13H,2-6H2,1H3,(H,15,16). The van der Waals surface area contributed by atoms with Crippen LogP contribution in [0.2, 0.25) is 0 Å². The van der Waals surface area contributed by atoms with Crippen molar-refractivity contribution in [2.24, 2.45) is 0 Å². The highest BCUT2D eigenvalue weighted by Crippen LogP contribution is 2.20. The number of hydrogen-bond donors (Lipinski definition) is 2. The third kappa shape index (κ3) is 3.54. The predicted octanol–water partition coefficient (Wildman–Crippen LogP) is 1.22. The Kier molecular flexibility index (Phi) is 4.74. The first-order chi connectivity index (χ1) is 9.40. The van der Waals surface area contributed by atoms with Gasteiger partial charge < -0.3 is 5.11 Å². The second-order valence-corrected chi connectivity index (χ2v) is 7.27. The molecule has 9 heteroatoms. The first kappa shape index (κ1) is 15.4. The van der Waals surface area contributed by atoms with Crippen LogP contribution in [0, 0.1) is 0 Å². The molecular weight excluding hydrogens is 302 g/mol. The van der Waals surface area contributed by atoms with Gasteiger partial charge in [-0.15, -0.1) is 11.3 Å². The summed E-state index contributed by atoms with van der Waals surface area (Å²) >= 11 is 1.14. The van der Waals surface area contributed by atoms with Gasteiger partial charge in [-0.3, -0.25) is 0 Å². The molecule has 1 aliphatic rings. The normalized spacial score (nSPS) is 18.9. The van der Waals surface area contributed by atoms with E-state index >= 15 is 0 Å². The van der Waals surface area contributed by atoms with Gasteiger partial charge in [0.15, 0.2) is 5.69 Å². The lowest BCUT2D eigenvalue weighted by Crippen LogP contribution is -2.44. The monoisotopic (exact) mass is 319 g/mol. The lowest BCUT2D eigenvalue weighted by atomic mass is 10.2. The number of thiazole rings is 1. The number of nitrogens with one attached hydrogen (secondary N) is 1. The molecule has 2 heterocycles. The van der Waals surface area contributed by atoms with Crippen molar-refractivity contribution < 1.29 is 18.3 Å². The minimum Gasteiger partial charge on any atom is -0.476 e. The average Bonchev–Trinajstić information content (AvgIpc) is 2.89.